The van der Waals surface area contributed by atoms with Crippen molar-refractivity contribution in [2.75, 3.05) is 6.54 Å². The SMILES string of the molecule is Cc1cc(C(F)(F)F)n2nc(C(=O)NCC(C)C)cc2n1. The Morgan fingerprint density at radius 1 is 1.38 bits per heavy atom. The van der Waals surface area contributed by atoms with Gasteiger partial charge in [0.25, 0.3) is 5.91 Å². The first kappa shape index (κ1) is 15.3. The van der Waals surface area contributed by atoms with Crippen LogP contribution in [0.25, 0.3) is 5.65 Å². The van der Waals surface area contributed by atoms with E-state index >= 15 is 0 Å². The van der Waals surface area contributed by atoms with E-state index in [1.54, 1.807) is 0 Å². The van der Waals surface area contributed by atoms with Crippen molar-refractivity contribution in [2.24, 2.45) is 5.92 Å². The maximum atomic E-state index is 13.0. The molecule has 0 aromatic carbocycles. The molecule has 0 bridgehead atoms. The molecule has 2 rings (SSSR count). The number of aromatic nitrogens is 3. The maximum Gasteiger partial charge on any atom is 0.433 e. The molecule has 2 aromatic heterocycles. The normalized spacial score (nSPS) is 12.1. The minimum absolute atomic E-state index is 0.00276. The highest BCUT2D eigenvalue weighted by Crippen LogP contribution is 2.29. The minimum atomic E-state index is -4.57. The smallest absolute Gasteiger partial charge is 0.350 e. The number of nitrogens with one attached hydrogen (secondary N) is 1. The summed E-state index contributed by atoms with van der Waals surface area (Å²) < 4.78 is 39.6. The summed E-state index contributed by atoms with van der Waals surface area (Å²) in [4.78, 5) is 15.8. The van der Waals surface area contributed by atoms with Crippen LogP contribution < -0.4 is 5.32 Å². The van der Waals surface area contributed by atoms with E-state index in [1.165, 1.54) is 13.0 Å². The van der Waals surface area contributed by atoms with Crippen molar-refractivity contribution in [2.45, 2.75) is 26.9 Å². The van der Waals surface area contributed by atoms with E-state index in [4.69, 9.17) is 0 Å². The zero-order chi connectivity index (χ0) is 15.8. The molecule has 21 heavy (non-hydrogen) atoms. The topological polar surface area (TPSA) is 59.3 Å². The van der Waals surface area contributed by atoms with Crippen LogP contribution in [-0.2, 0) is 6.18 Å². The Hall–Kier alpha value is -2.12. The van der Waals surface area contributed by atoms with E-state index in [2.05, 4.69) is 15.4 Å². The molecule has 0 radical (unpaired) electrons. The zero-order valence-corrected chi connectivity index (χ0v) is 11.8. The molecule has 0 saturated carbocycles. The Morgan fingerprint density at radius 3 is 2.62 bits per heavy atom. The number of rotatable bonds is 3. The molecule has 114 valence electrons. The second kappa shape index (κ2) is 5.34. The predicted molar refractivity (Wildman–Crippen MR) is 69.9 cm³/mol. The molecule has 0 spiro atoms. The number of carbonyl (C=O) groups is 1. The summed E-state index contributed by atoms with van der Waals surface area (Å²) in [7, 11) is 0. The van der Waals surface area contributed by atoms with Crippen LogP contribution >= 0.6 is 0 Å². The van der Waals surface area contributed by atoms with Gasteiger partial charge in [-0.3, -0.25) is 4.79 Å². The second-order valence-corrected chi connectivity index (χ2v) is 5.18. The molecule has 0 unspecified atom stereocenters. The number of halogens is 3. The van der Waals surface area contributed by atoms with Crippen LogP contribution in [0.5, 0.6) is 0 Å². The summed E-state index contributed by atoms with van der Waals surface area (Å²) in [6, 6.07) is 2.15. The van der Waals surface area contributed by atoms with Crippen molar-refractivity contribution in [1.29, 1.82) is 0 Å². The summed E-state index contributed by atoms with van der Waals surface area (Å²) in [5.74, 6) is -0.280. The van der Waals surface area contributed by atoms with Gasteiger partial charge in [-0.05, 0) is 18.9 Å². The molecule has 2 heterocycles. The van der Waals surface area contributed by atoms with Crippen LogP contribution in [0.2, 0.25) is 0 Å². The highest BCUT2D eigenvalue weighted by Gasteiger charge is 2.35. The van der Waals surface area contributed by atoms with E-state index in [0.29, 0.717) is 11.1 Å². The van der Waals surface area contributed by atoms with Crippen LogP contribution in [0.4, 0.5) is 13.2 Å². The first-order valence-corrected chi connectivity index (χ1v) is 6.41. The van der Waals surface area contributed by atoms with Crippen molar-refractivity contribution in [3.8, 4) is 0 Å². The third kappa shape index (κ3) is 3.32. The van der Waals surface area contributed by atoms with Crippen molar-refractivity contribution in [1.82, 2.24) is 19.9 Å². The van der Waals surface area contributed by atoms with Crippen molar-refractivity contribution >= 4 is 11.6 Å². The molecule has 0 saturated heterocycles. The van der Waals surface area contributed by atoms with Gasteiger partial charge in [0.2, 0.25) is 0 Å². The Labute approximate surface area is 119 Å². The highest BCUT2D eigenvalue weighted by atomic mass is 19.4. The van der Waals surface area contributed by atoms with Gasteiger partial charge in [0.15, 0.2) is 11.3 Å². The van der Waals surface area contributed by atoms with E-state index in [0.717, 1.165) is 6.07 Å². The Kier molecular flexibility index (Phi) is 3.89. The molecular weight excluding hydrogens is 285 g/mol. The van der Waals surface area contributed by atoms with Crippen molar-refractivity contribution in [3.63, 3.8) is 0 Å². The molecule has 0 fully saturated rings. The first-order valence-electron chi connectivity index (χ1n) is 6.41. The molecular formula is C13H15F3N4O. The number of alkyl halides is 3. The maximum absolute atomic E-state index is 13.0. The van der Waals surface area contributed by atoms with Gasteiger partial charge in [-0.15, -0.1) is 0 Å². The van der Waals surface area contributed by atoms with Gasteiger partial charge in [0, 0.05) is 18.3 Å². The Morgan fingerprint density at radius 2 is 2.05 bits per heavy atom. The molecule has 0 aliphatic heterocycles. The number of fused-ring (bicyclic) bond motifs is 1. The highest BCUT2D eigenvalue weighted by molar-refractivity contribution is 5.93. The molecule has 1 N–H and O–H groups in total. The van der Waals surface area contributed by atoms with Crippen LogP contribution in [0.1, 0.15) is 35.7 Å². The third-order valence-corrected chi connectivity index (χ3v) is 2.75. The summed E-state index contributed by atoms with van der Waals surface area (Å²) in [6.45, 7) is 5.71. The van der Waals surface area contributed by atoms with Crippen molar-refractivity contribution in [3.05, 3.63) is 29.2 Å². The summed E-state index contributed by atoms with van der Waals surface area (Å²) in [5.41, 5.74) is -0.826. The molecule has 8 heteroatoms. The van der Waals surface area contributed by atoms with Crippen molar-refractivity contribution < 1.29 is 18.0 Å². The lowest BCUT2D eigenvalue weighted by molar-refractivity contribution is -0.142. The van der Waals surface area contributed by atoms with Gasteiger partial charge in [0.05, 0.1) is 0 Å². The van der Waals surface area contributed by atoms with Gasteiger partial charge >= 0.3 is 6.18 Å². The summed E-state index contributed by atoms with van der Waals surface area (Å²) >= 11 is 0. The zero-order valence-electron chi connectivity index (χ0n) is 11.8. The Balaban J connectivity index is 2.44. The van der Waals surface area contributed by atoms with Gasteiger partial charge in [-0.25, -0.2) is 9.50 Å². The third-order valence-electron chi connectivity index (χ3n) is 2.75. The van der Waals surface area contributed by atoms with Crippen LogP contribution in [-0.4, -0.2) is 27.0 Å². The number of nitrogens with zero attached hydrogens (tertiary/aromatic N) is 3. The van der Waals surface area contributed by atoms with E-state index in [1.807, 2.05) is 13.8 Å². The molecule has 2 aromatic rings. The molecule has 0 aliphatic rings. The standard InChI is InChI=1S/C13H15F3N4O/c1-7(2)6-17-12(21)9-5-11-18-8(3)4-10(13(14,15)16)20(11)19-9/h4-5,7H,6H2,1-3H3,(H,17,21). The monoisotopic (exact) mass is 300 g/mol. The molecule has 0 atom stereocenters. The Bertz CT molecular complexity index is 676. The fraction of sp³-hybridized carbons (Fsp3) is 0.462. The molecule has 1 amide bonds. The molecule has 0 aliphatic carbocycles. The largest absolute Gasteiger partial charge is 0.433 e. The average Bonchev–Trinajstić information content (AvgIpc) is 2.77. The first-order chi connectivity index (χ1) is 9.68. The van der Waals surface area contributed by atoms with E-state index in [-0.39, 0.29) is 23.0 Å². The fourth-order valence-corrected chi connectivity index (χ4v) is 1.80. The lowest BCUT2D eigenvalue weighted by atomic mass is 10.2. The van der Waals surface area contributed by atoms with Crippen LogP contribution in [0, 0.1) is 12.8 Å². The summed E-state index contributed by atoms with van der Waals surface area (Å²) in [5, 5.41) is 6.33. The van der Waals surface area contributed by atoms with Gasteiger partial charge < -0.3 is 5.32 Å². The number of carbonyl (C=O) groups excluding carboxylic acids is 1. The fourth-order valence-electron chi connectivity index (χ4n) is 1.80. The lowest BCUT2D eigenvalue weighted by Gasteiger charge is -2.09. The number of hydrogen-bond donors (Lipinski definition) is 1. The lowest BCUT2D eigenvalue weighted by Crippen LogP contribution is -2.27. The van der Waals surface area contributed by atoms with Gasteiger partial charge in [-0.1, -0.05) is 13.8 Å². The van der Waals surface area contributed by atoms with Crippen LogP contribution in [0.15, 0.2) is 12.1 Å². The second-order valence-electron chi connectivity index (χ2n) is 5.18. The van der Waals surface area contributed by atoms with E-state index in [9.17, 15) is 18.0 Å². The number of aryl methyl sites for hydroxylation is 1. The van der Waals surface area contributed by atoms with Crippen LogP contribution in [0.3, 0.4) is 0 Å². The average molecular weight is 300 g/mol. The predicted octanol–water partition coefficient (Wildman–Crippen LogP) is 2.44. The minimum Gasteiger partial charge on any atom is -0.350 e. The van der Waals surface area contributed by atoms with E-state index < -0.39 is 17.8 Å². The summed E-state index contributed by atoms with van der Waals surface area (Å²) in [6.07, 6.45) is -4.57. The molecule has 5 nitrogen and oxygen atoms in total. The quantitative estimate of drug-likeness (QED) is 0.947. The van der Waals surface area contributed by atoms with Gasteiger partial charge in [0.1, 0.15) is 5.69 Å². The number of amides is 1. The van der Waals surface area contributed by atoms with Gasteiger partial charge in [-0.2, -0.15) is 18.3 Å². The number of hydrogen-bond acceptors (Lipinski definition) is 3.